The van der Waals surface area contributed by atoms with Crippen LogP contribution in [0.15, 0.2) is 73.2 Å². The number of nitrogens with one attached hydrogen (secondary N) is 4. The molecule has 3 amide bonds. The molecule has 0 bridgehead atoms. The highest BCUT2D eigenvalue weighted by Gasteiger charge is 2.31. The molecule has 0 fully saturated rings. The number of benzene rings is 2. The number of hydrogen-bond donors (Lipinski definition) is 7. The van der Waals surface area contributed by atoms with Crippen molar-refractivity contribution in [3.8, 4) is 0 Å². The Hall–Kier alpha value is -4.55. The third-order valence-electron chi connectivity index (χ3n) is 6.25. The number of aliphatic hydroxyl groups is 1. The molecule has 12 heteroatoms. The molecule has 2 aromatic carbocycles. The van der Waals surface area contributed by atoms with Gasteiger partial charge >= 0.3 is 5.97 Å². The van der Waals surface area contributed by atoms with Crippen LogP contribution in [0.5, 0.6) is 0 Å². The lowest BCUT2D eigenvalue weighted by Crippen LogP contribution is -2.59. The van der Waals surface area contributed by atoms with E-state index < -0.39 is 54.0 Å². The van der Waals surface area contributed by atoms with E-state index in [1.165, 1.54) is 19.4 Å². The molecule has 40 heavy (non-hydrogen) atoms. The van der Waals surface area contributed by atoms with Gasteiger partial charge in [0.1, 0.15) is 24.2 Å². The highest BCUT2D eigenvalue weighted by molar-refractivity contribution is 5.94. The van der Waals surface area contributed by atoms with E-state index in [9.17, 15) is 29.4 Å². The number of aliphatic carboxylic acids is 1. The van der Waals surface area contributed by atoms with Crippen LogP contribution in [0, 0.1) is 0 Å². The molecule has 0 spiro atoms. The third-order valence-corrected chi connectivity index (χ3v) is 6.25. The molecule has 5 atom stereocenters. The normalized spacial score (nSPS) is 14.7. The quantitative estimate of drug-likeness (QED) is 0.142. The standard InChI is InChI=1S/C28H34N6O6/c1-17(35)24(29)27(38)33-22(13-19-10-6-3-7-11-19)25(36)32-21(12-18-8-4-2-5-9-18)26(37)34-23(28(39)40)14-20-15-30-16-31-20/h2-11,15-17,21-24,35H,12-14,29H2,1H3,(H,30,31)(H,32,36)(H,33,38)(H,34,37)(H,39,40). The lowest BCUT2D eigenvalue weighted by molar-refractivity contribution is -0.142. The molecule has 0 saturated heterocycles. The van der Waals surface area contributed by atoms with Gasteiger partial charge in [-0.15, -0.1) is 0 Å². The number of nitrogens with zero attached hydrogens (tertiary/aromatic N) is 1. The number of carboxylic acids is 1. The summed E-state index contributed by atoms with van der Waals surface area (Å²) in [7, 11) is 0. The fourth-order valence-electron chi connectivity index (χ4n) is 3.97. The summed E-state index contributed by atoms with van der Waals surface area (Å²) in [5.74, 6) is -3.38. The molecule has 0 aliphatic rings. The van der Waals surface area contributed by atoms with Crippen LogP contribution >= 0.6 is 0 Å². The van der Waals surface area contributed by atoms with Crippen LogP contribution in [0.3, 0.4) is 0 Å². The topological polar surface area (TPSA) is 200 Å². The maximum Gasteiger partial charge on any atom is 0.326 e. The highest BCUT2D eigenvalue weighted by atomic mass is 16.4. The predicted octanol–water partition coefficient (Wildman–Crippen LogP) is -0.315. The van der Waals surface area contributed by atoms with Gasteiger partial charge in [-0.25, -0.2) is 9.78 Å². The first-order chi connectivity index (χ1) is 19.1. The molecular weight excluding hydrogens is 516 g/mol. The average Bonchev–Trinajstić information content (AvgIpc) is 3.45. The predicted molar refractivity (Wildman–Crippen MR) is 146 cm³/mol. The Bertz CT molecular complexity index is 1250. The van der Waals surface area contributed by atoms with Crippen LogP contribution in [-0.2, 0) is 38.4 Å². The number of H-pyrrole nitrogens is 1. The fraction of sp³-hybridized carbons (Fsp3) is 0.321. The van der Waals surface area contributed by atoms with Crippen molar-refractivity contribution >= 4 is 23.7 Å². The third kappa shape index (κ3) is 9.03. The summed E-state index contributed by atoms with van der Waals surface area (Å²) in [6.07, 6.45) is 1.81. The van der Waals surface area contributed by atoms with E-state index in [0.717, 1.165) is 11.1 Å². The van der Waals surface area contributed by atoms with Crippen molar-refractivity contribution in [2.75, 3.05) is 0 Å². The van der Waals surface area contributed by atoms with E-state index in [0.29, 0.717) is 5.69 Å². The molecule has 3 rings (SSSR count). The zero-order valence-corrected chi connectivity index (χ0v) is 22.0. The lowest BCUT2D eigenvalue weighted by atomic mass is 10.0. The summed E-state index contributed by atoms with van der Waals surface area (Å²) in [5, 5.41) is 27.2. The lowest BCUT2D eigenvalue weighted by Gasteiger charge is -2.26. The van der Waals surface area contributed by atoms with Crippen LogP contribution in [0.2, 0.25) is 0 Å². The van der Waals surface area contributed by atoms with Gasteiger partial charge in [0.2, 0.25) is 17.7 Å². The number of carbonyl (C=O) groups excluding carboxylic acids is 3. The van der Waals surface area contributed by atoms with Crippen LogP contribution in [0.25, 0.3) is 0 Å². The summed E-state index contributed by atoms with van der Waals surface area (Å²) >= 11 is 0. The smallest absolute Gasteiger partial charge is 0.326 e. The highest BCUT2D eigenvalue weighted by Crippen LogP contribution is 2.09. The summed E-state index contributed by atoms with van der Waals surface area (Å²) < 4.78 is 0. The molecule has 212 valence electrons. The molecule has 12 nitrogen and oxygen atoms in total. The van der Waals surface area contributed by atoms with E-state index in [4.69, 9.17) is 5.73 Å². The van der Waals surface area contributed by atoms with Crippen LogP contribution < -0.4 is 21.7 Å². The zero-order chi connectivity index (χ0) is 29.1. The van der Waals surface area contributed by atoms with Gasteiger partial charge < -0.3 is 36.9 Å². The van der Waals surface area contributed by atoms with E-state index in [2.05, 4.69) is 25.9 Å². The van der Waals surface area contributed by atoms with Crippen molar-refractivity contribution in [1.82, 2.24) is 25.9 Å². The van der Waals surface area contributed by atoms with Gasteiger partial charge in [0, 0.05) is 31.2 Å². The average molecular weight is 551 g/mol. The van der Waals surface area contributed by atoms with Gasteiger partial charge in [-0.3, -0.25) is 14.4 Å². The number of aromatic amines is 1. The minimum absolute atomic E-state index is 0.0446. The molecule has 1 heterocycles. The number of rotatable bonds is 14. The minimum Gasteiger partial charge on any atom is -0.480 e. The van der Waals surface area contributed by atoms with E-state index in [1.807, 2.05) is 6.07 Å². The molecular formula is C28H34N6O6. The van der Waals surface area contributed by atoms with Crippen LogP contribution in [0.4, 0.5) is 0 Å². The second kappa shape index (κ2) is 14.6. The van der Waals surface area contributed by atoms with Crippen LogP contribution in [-0.4, -0.2) is 74.1 Å². The van der Waals surface area contributed by atoms with Crippen molar-refractivity contribution in [3.63, 3.8) is 0 Å². The van der Waals surface area contributed by atoms with Gasteiger partial charge in [0.25, 0.3) is 0 Å². The molecule has 3 aromatic rings. The van der Waals surface area contributed by atoms with Crippen LogP contribution in [0.1, 0.15) is 23.7 Å². The number of aliphatic hydroxyl groups excluding tert-OH is 1. The molecule has 0 aliphatic heterocycles. The largest absolute Gasteiger partial charge is 0.480 e. The second-order valence-electron chi connectivity index (χ2n) is 9.45. The molecule has 1 aromatic heterocycles. The molecule has 5 unspecified atom stereocenters. The minimum atomic E-state index is -1.29. The number of imidazole rings is 1. The van der Waals surface area contributed by atoms with Gasteiger partial charge in [-0.05, 0) is 18.1 Å². The first-order valence-corrected chi connectivity index (χ1v) is 12.8. The Balaban J connectivity index is 1.83. The Morgan fingerprint density at radius 1 is 0.800 bits per heavy atom. The number of nitrogens with two attached hydrogens (primary N) is 1. The summed E-state index contributed by atoms with van der Waals surface area (Å²) in [4.78, 5) is 58.1. The van der Waals surface area contributed by atoms with E-state index in [1.54, 1.807) is 54.6 Å². The van der Waals surface area contributed by atoms with Crippen molar-refractivity contribution in [1.29, 1.82) is 0 Å². The van der Waals surface area contributed by atoms with E-state index in [-0.39, 0.29) is 19.3 Å². The SMILES string of the molecule is CC(O)C(N)C(=O)NC(Cc1ccccc1)C(=O)NC(Cc1ccccc1)C(=O)NC(Cc1cnc[nH]1)C(=O)O. The van der Waals surface area contributed by atoms with Gasteiger partial charge in [0.15, 0.2) is 0 Å². The summed E-state index contributed by atoms with van der Waals surface area (Å²) in [6, 6.07) is 13.0. The molecule has 8 N–H and O–H groups in total. The molecule has 0 radical (unpaired) electrons. The number of carbonyl (C=O) groups is 4. The first kappa shape index (κ1) is 30.0. The Morgan fingerprint density at radius 2 is 1.27 bits per heavy atom. The number of hydrogen-bond acceptors (Lipinski definition) is 7. The van der Waals surface area contributed by atoms with Crippen molar-refractivity contribution in [3.05, 3.63) is 90.0 Å². The summed E-state index contributed by atoms with van der Waals surface area (Å²) in [6.45, 7) is 1.36. The number of aromatic nitrogens is 2. The number of amides is 3. The fourth-order valence-corrected chi connectivity index (χ4v) is 3.97. The van der Waals surface area contributed by atoms with Crippen molar-refractivity contribution in [2.45, 2.75) is 56.5 Å². The van der Waals surface area contributed by atoms with Gasteiger partial charge in [-0.1, -0.05) is 60.7 Å². The second-order valence-corrected chi connectivity index (χ2v) is 9.45. The van der Waals surface area contributed by atoms with E-state index >= 15 is 0 Å². The number of carboxylic acid groups (broad SMARTS) is 1. The Labute approximate surface area is 231 Å². The maximum atomic E-state index is 13.5. The molecule has 0 saturated carbocycles. The molecule has 0 aliphatic carbocycles. The summed E-state index contributed by atoms with van der Waals surface area (Å²) in [5.41, 5.74) is 7.75. The Morgan fingerprint density at radius 3 is 1.70 bits per heavy atom. The zero-order valence-electron chi connectivity index (χ0n) is 22.0. The van der Waals surface area contributed by atoms with Crippen molar-refractivity contribution in [2.24, 2.45) is 5.73 Å². The maximum absolute atomic E-state index is 13.5. The first-order valence-electron chi connectivity index (χ1n) is 12.8. The Kier molecular flexibility index (Phi) is 10.9. The monoisotopic (exact) mass is 550 g/mol. The van der Waals surface area contributed by atoms with Crippen molar-refractivity contribution < 1.29 is 29.4 Å². The van der Waals surface area contributed by atoms with Gasteiger partial charge in [0.05, 0.1) is 12.4 Å². The van der Waals surface area contributed by atoms with Gasteiger partial charge in [-0.2, -0.15) is 0 Å².